The standard InChI is InChI=1S/C29H53BN6O6/c1-9-10-13-27(4,5)25(38)33-20(12-11-14-32-26(31)35-36(39)40)24(37)34-23(15-18(2)3)30-41-22-17-19-16-21(28(19,6)7)29(22,8)42-30/h18-23H,9-17H2,1-8H3,(H,33,38)(H,34,37)(H3,31,32,35)/t19-,20-,21-,22+,23-,29-/m0/s1. The maximum Gasteiger partial charge on any atom is 0.481 e. The molecule has 238 valence electrons. The lowest BCUT2D eigenvalue weighted by molar-refractivity contribution is -0.525. The molecule has 2 bridgehead atoms. The zero-order valence-corrected chi connectivity index (χ0v) is 26.8. The smallest absolute Gasteiger partial charge is 0.404 e. The van der Waals surface area contributed by atoms with Crippen LogP contribution in [0.15, 0.2) is 4.99 Å². The Morgan fingerprint density at radius 3 is 2.48 bits per heavy atom. The molecule has 0 radical (unpaired) electrons. The van der Waals surface area contributed by atoms with Crippen molar-refractivity contribution in [2.75, 3.05) is 6.54 Å². The number of nitrogens with zero attached hydrogens (tertiary/aromatic N) is 2. The SMILES string of the molecule is CCCCC(C)(C)C(=O)N[C@@H](CCCN=C(N)N[N+](=O)[O-])C(=O)N[C@@H](CC(C)C)B1O[C@@H]2C[C@@H]3C[C@@H](C3(C)C)[C@]2(C)O1. The van der Waals surface area contributed by atoms with Crippen LogP contribution in [0.25, 0.3) is 0 Å². The number of guanidine groups is 1. The lowest BCUT2D eigenvalue weighted by atomic mass is 9.43. The van der Waals surface area contributed by atoms with Gasteiger partial charge in [-0.25, -0.2) is 15.1 Å². The first-order chi connectivity index (χ1) is 19.5. The van der Waals surface area contributed by atoms with E-state index in [1.807, 2.05) is 19.3 Å². The number of nitro groups is 1. The van der Waals surface area contributed by atoms with Gasteiger partial charge in [0.25, 0.3) is 5.96 Å². The number of carbonyl (C=O) groups is 2. The predicted octanol–water partition coefficient (Wildman–Crippen LogP) is 3.36. The second-order valence-corrected chi connectivity index (χ2v) is 14.4. The fourth-order valence-corrected chi connectivity index (χ4v) is 7.08. The molecule has 4 aliphatic rings. The Bertz CT molecular complexity index is 1020. The van der Waals surface area contributed by atoms with Crippen LogP contribution >= 0.6 is 0 Å². The number of hydrogen-bond donors (Lipinski definition) is 4. The van der Waals surface area contributed by atoms with Crippen molar-refractivity contribution in [3.63, 3.8) is 0 Å². The van der Waals surface area contributed by atoms with Crippen molar-refractivity contribution in [3.05, 3.63) is 10.1 Å². The highest BCUT2D eigenvalue weighted by molar-refractivity contribution is 6.48. The molecule has 4 fully saturated rings. The highest BCUT2D eigenvalue weighted by Crippen LogP contribution is 2.65. The third-order valence-electron chi connectivity index (χ3n) is 9.88. The van der Waals surface area contributed by atoms with E-state index in [9.17, 15) is 19.7 Å². The molecule has 0 spiro atoms. The van der Waals surface area contributed by atoms with Crippen LogP contribution in [0.5, 0.6) is 0 Å². The fourth-order valence-electron chi connectivity index (χ4n) is 7.08. The first-order valence-electron chi connectivity index (χ1n) is 15.7. The number of amides is 2. The molecule has 0 aromatic heterocycles. The largest absolute Gasteiger partial charge is 0.481 e. The molecule has 1 saturated heterocycles. The molecule has 3 aliphatic carbocycles. The van der Waals surface area contributed by atoms with Crippen LogP contribution < -0.4 is 21.8 Å². The van der Waals surface area contributed by atoms with Gasteiger partial charge in [0.1, 0.15) is 6.04 Å². The number of hydrazine groups is 1. The van der Waals surface area contributed by atoms with E-state index in [0.717, 1.165) is 25.7 Å². The third kappa shape index (κ3) is 7.75. The molecule has 12 nitrogen and oxygen atoms in total. The van der Waals surface area contributed by atoms with E-state index in [2.05, 4.69) is 57.2 Å². The number of nitrogens with one attached hydrogen (secondary N) is 3. The summed E-state index contributed by atoms with van der Waals surface area (Å²) in [5.41, 5.74) is 6.51. The van der Waals surface area contributed by atoms with E-state index in [1.54, 1.807) is 0 Å². The van der Waals surface area contributed by atoms with E-state index >= 15 is 0 Å². The van der Waals surface area contributed by atoms with E-state index in [4.69, 9.17) is 15.0 Å². The van der Waals surface area contributed by atoms with Gasteiger partial charge in [0.05, 0.1) is 17.6 Å². The van der Waals surface area contributed by atoms with Gasteiger partial charge in [0.2, 0.25) is 11.8 Å². The zero-order chi connectivity index (χ0) is 31.5. The minimum atomic E-state index is -0.820. The monoisotopic (exact) mass is 592 g/mol. The Morgan fingerprint density at radius 2 is 1.88 bits per heavy atom. The molecule has 0 aromatic carbocycles. The lowest BCUT2D eigenvalue weighted by Gasteiger charge is -2.64. The molecule has 1 aliphatic heterocycles. The maximum atomic E-state index is 13.8. The minimum Gasteiger partial charge on any atom is -0.404 e. The Balaban J connectivity index is 1.73. The predicted molar refractivity (Wildman–Crippen MR) is 163 cm³/mol. The van der Waals surface area contributed by atoms with Gasteiger partial charge < -0.3 is 25.7 Å². The molecule has 2 amide bonds. The Hall–Kier alpha value is -2.41. The van der Waals surface area contributed by atoms with E-state index in [0.29, 0.717) is 31.1 Å². The van der Waals surface area contributed by atoms with Gasteiger partial charge >= 0.3 is 7.12 Å². The molecule has 0 aromatic rings. The second-order valence-electron chi connectivity index (χ2n) is 14.4. The first kappa shape index (κ1) is 34.1. The molecule has 42 heavy (non-hydrogen) atoms. The number of rotatable bonds is 15. The van der Waals surface area contributed by atoms with Crippen LogP contribution in [0.4, 0.5) is 0 Å². The summed E-state index contributed by atoms with van der Waals surface area (Å²) < 4.78 is 13.2. The molecule has 0 unspecified atom stereocenters. The lowest BCUT2D eigenvalue weighted by Crippen LogP contribution is -2.65. The summed E-state index contributed by atoms with van der Waals surface area (Å²) in [4.78, 5) is 41.7. The van der Waals surface area contributed by atoms with Gasteiger partial charge in [0.15, 0.2) is 5.03 Å². The third-order valence-corrected chi connectivity index (χ3v) is 9.88. The number of nitrogens with two attached hydrogens (primary N) is 1. The van der Waals surface area contributed by atoms with Crippen LogP contribution in [-0.2, 0) is 18.9 Å². The minimum absolute atomic E-state index is 0.00296. The van der Waals surface area contributed by atoms with Crippen molar-refractivity contribution in [2.45, 2.75) is 130 Å². The summed E-state index contributed by atoms with van der Waals surface area (Å²) in [5, 5.41) is 16.0. The average molecular weight is 593 g/mol. The number of carbonyl (C=O) groups excluding carboxylic acids is 2. The number of unbranched alkanes of at least 4 members (excludes halogenated alkanes) is 1. The van der Waals surface area contributed by atoms with Gasteiger partial charge in [-0.3, -0.25) is 9.59 Å². The molecular weight excluding hydrogens is 539 g/mol. The van der Waals surface area contributed by atoms with Crippen molar-refractivity contribution >= 4 is 24.9 Å². The number of hydrogen-bond acceptors (Lipinski definition) is 7. The van der Waals surface area contributed by atoms with Crippen molar-refractivity contribution in [1.29, 1.82) is 0 Å². The van der Waals surface area contributed by atoms with Crippen LogP contribution in [0.3, 0.4) is 0 Å². The Morgan fingerprint density at radius 1 is 1.19 bits per heavy atom. The maximum absolute atomic E-state index is 13.8. The van der Waals surface area contributed by atoms with Crippen LogP contribution in [0.1, 0.15) is 107 Å². The molecule has 4 rings (SSSR count). The highest BCUT2D eigenvalue weighted by Gasteiger charge is 2.68. The molecule has 3 saturated carbocycles. The average Bonchev–Trinajstić information content (AvgIpc) is 3.25. The quantitative estimate of drug-likeness (QED) is 0.0560. The topological polar surface area (TPSA) is 170 Å². The normalized spacial score (nSPS) is 28.0. The van der Waals surface area contributed by atoms with Crippen molar-refractivity contribution in [1.82, 2.24) is 16.1 Å². The zero-order valence-electron chi connectivity index (χ0n) is 26.8. The van der Waals surface area contributed by atoms with Gasteiger partial charge in [-0.15, -0.1) is 0 Å². The second kappa shape index (κ2) is 13.5. The van der Waals surface area contributed by atoms with Crippen molar-refractivity contribution < 1.29 is 23.9 Å². The van der Waals surface area contributed by atoms with E-state index in [1.165, 1.54) is 0 Å². The Kier molecular flexibility index (Phi) is 10.9. The van der Waals surface area contributed by atoms with Gasteiger partial charge in [-0.05, 0) is 68.6 Å². The summed E-state index contributed by atoms with van der Waals surface area (Å²) in [6.07, 6.45) is 6.00. The van der Waals surface area contributed by atoms with E-state index in [-0.39, 0.29) is 54.1 Å². The summed E-state index contributed by atoms with van der Waals surface area (Å²) >= 11 is 0. The summed E-state index contributed by atoms with van der Waals surface area (Å²) in [5.74, 6) is 0.106. The van der Waals surface area contributed by atoms with Crippen LogP contribution in [0, 0.1) is 38.7 Å². The number of aliphatic imine (C=N–C) groups is 1. The molecule has 13 heteroatoms. The Labute approximate surface area is 251 Å². The van der Waals surface area contributed by atoms with Gasteiger partial charge in [-0.2, -0.15) is 0 Å². The van der Waals surface area contributed by atoms with Gasteiger partial charge in [0, 0.05) is 12.0 Å². The molecular formula is C29H53BN6O6. The fraction of sp³-hybridized carbons (Fsp3) is 0.897. The summed E-state index contributed by atoms with van der Waals surface area (Å²) in [6.45, 7) is 17.0. The van der Waals surface area contributed by atoms with E-state index < -0.39 is 29.2 Å². The highest BCUT2D eigenvalue weighted by atomic mass is 16.7. The summed E-state index contributed by atoms with van der Waals surface area (Å²) in [7, 11) is -0.573. The van der Waals surface area contributed by atoms with Crippen molar-refractivity contribution in [3.8, 4) is 0 Å². The first-order valence-corrected chi connectivity index (χ1v) is 15.7. The summed E-state index contributed by atoms with van der Waals surface area (Å²) in [6, 6.07) is -0.820. The molecule has 1 heterocycles. The van der Waals surface area contributed by atoms with Crippen LogP contribution in [-0.4, -0.2) is 60.2 Å². The van der Waals surface area contributed by atoms with Crippen LogP contribution in [0.2, 0.25) is 0 Å². The molecule has 5 N–H and O–H groups in total. The molecule has 6 atom stereocenters. The van der Waals surface area contributed by atoms with Gasteiger partial charge in [-0.1, -0.05) is 66.7 Å². The van der Waals surface area contributed by atoms with Crippen molar-refractivity contribution in [2.24, 2.45) is 39.3 Å².